The first-order chi connectivity index (χ1) is 37.9. The van der Waals surface area contributed by atoms with E-state index in [1.807, 2.05) is 33.3 Å². The molecule has 0 saturated heterocycles. The van der Waals surface area contributed by atoms with Crippen LogP contribution in [0.1, 0.15) is 297 Å². The molecule has 9 nitrogen and oxygen atoms in total. The zero-order valence-corrected chi connectivity index (χ0v) is 52.8. The fourth-order valence-electron chi connectivity index (χ4n) is 9.34. The molecule has 0 aromatic heterocycles. The number of hydrogen-bond donors (Lipinski definition) is 2. The Kier molecular flexibility index (Phi) is 55.8. The highest BCUT2D eigenvalue weighted by molar-refractivity contribution is 7.47. The standard InChI is InChI=1S/C68H125N2O7P/c1-7-10-13-16-19-22-25-28-30-31-32-33-34-35-36-37-38-39-40-43-46-49-52-55-58-61-68(72)77-66(59-56-53-50-47-44-41-27-24-21-18-15-12-9-3)65(64-76-78(73,74)75-63-62-70(4,5)6)69-67(71)60-57-54-51-48-45-42-29-26-23-20-17-14-11-8-2/h11,14,19-20,22-23,28,30,32-33,56,59,65-66H,7-10,12-13,15-18,21,24-27,29,31,34-55,57-58,60-64H2,1-6H3,(H-,69,71,73,74)/p+1/b14-11+,22-19-,23-20+,30-28-,33-32-,59-56-. The molecule has 1 amide bonds. The fourth-order valence-corrected chi connectivity index (χ4v) is 10.1. The van der Waals surface area contributed by atoms with Crippen LogP contribution in [0, 0.1) is 0 Å². The van der Waals surface area contributed by atoms with Crippen LogP contribution in [0.25, 0.3) is 0 Å². The number of phosphoric acid groups is 1. The monoisotopic (exact) mass is 1110 g/mol. The van der Waals surface area contributed by atoms with Crippen molar-refractivity contribution in [3.63, 3.8) is 0 Å². The van der Waals surface area contributed by atoms with Crippen LogP contribution in [0.5, 0.6) is 0 Å². The van der Waals surface area contributed by atoms with E-state index in [1.54, 1.807) is 0 Å². The third kappa shape index (κ3) is 58.1. The number of hydrogen-bond acceptors (Lipinski definition) is 6. The summed E-state index contributed by atoms with van der Waals surface area (Å²) in [7, 11) is 1.49. The lowest BCUT2D eigenvalue weighted by Crippen LogP contribution is -2.47. The summed E-state index contributed by atoms with van der Waals surface area (Å²) in [6.07, 6.45) is 74.7. The number of allylic oxidation sites excluding steroid dienone is 11. The summed E-state index contributed by atoms with van der Waals surface area (Å²) in [6, 6.07) is -0.855. The third-order valence-electron chi connectivity index (χ3n) is 14.4. The molecule has 10 heteroatoms. The molecule has 0 rings (SSSR count). The third-order valence-corrected chi connectivity index (χ3v) is 15.4. The summed E-state index contributed by atoms with van der Waals surface area (Å²) >= 11 is 0. The summed E-state index contributed by atoms with van der Waals surface area (Å²) in [5.74, 6) is -0.511. The van der Waals surface area contributed by atoms with Gasteiger partial charge in [0.15, 0.2) is 0 Å². The van der Waals surface area contributed by atoms with Crippen molar-refractivity contribution in [3.05, 3.63) is 72.9 Å². The molecule has 0 bridgehead atoms. The van der Waals surface area contributed by atoms with Gasteiger partial charge in [0.2, 0.25) is 5.91 Å². The molecular formula is C68H126N2O7P+. The Morgan fingerprint density at radius 3 is 1.26 bits per heavy atom. The Morgan fingerprint density at radius 2 is 0.821 bits per heavy atom. The van der Waals surface area contributed by atoms with Gasteiger partial charge in [0.1, 0.15) is 19.3 Å². The van der Waals surface area contributed by atoms with Crippen LogP contribution in [-0.2, 0) is 27.9 Å². The number of nitrogens with one attached hydrogen (secondary N) is 1. The van der Waals surface area contributed by atoms with Gasteiger partial charge in [0.05, 0.1) is 33.8 Å². The van der Waals surface area contributed by atoms with Crippen LogP contribution in [0.2, 0.25) is 0 Å². The summed E-state index contributed by atoms with van der Waals surface area (Å²) in [6.45, 7) is 6.89. The number of likely N-dealkylation sites (N-methyl/N-ethyl adjacent to an activating group) is 1. The van der Waals surface area contributed by atoms with E-state index in [4.69, 9.17) is 13.8 Å². The average Bonchev–Trinajstić information content (AvgIpc) is 3.40. The summed E-state index contributed by atoms with van der Waals surface area (Å²) in [5, 5.41) is 3.06. The predicted molar refractivity (Wildman–Crippen MR) is 337 cm³/mol. The lowest BCUT2D eigenvalue weighted by atomic mass is 10.0. The highest BCUT2D eigenvalue weighted by atomic mass is 31.2. The minimum atomic E-state index is -4.45. The van der Waals surface area contributed by atoms with Gasteiger partial charge < -0.3 is 19.4 Å². The molecule has 0 fully saturated rings. The Labute approximate surface area is 483 Å². The second-order valence-corrected chi connectivity index (χ2v) is 24.7. The molecule has 0 aliphatic rings. The molecule has 0 aliphatic carbocycles. The van der Waals surface area contributed by atoms with Crippen LogP contribution >= 0.6 is 7.82 Å². The molecule has 0 heterocycles. The van der Waals surface area contributed by atoms with Gasteiger partial charge in [-0.05, 0) is 96.0 Å². The summed E-state index contributed by atoms with van der Waals surface area (Å²) in [5.41, 5.74) is 0. The van der Waals surface area contributed by atoms with Gasteiger partial charge in [-0.25, -0.2) is 4.57 Å². The molecule has 0 aromatic rings. The number of quaternary nitrogens is 1. The number of nitrogens with zero attached hydrogens (tertiary/aromatic N) is 1. The van der Waals surface area contributed by atoms with Crippen LogP contribution in [0.3, 0.4) is 0 Å². The molecule has 78 heavy (non-hydrogen) atoms. The largest absolute Gasteiger partial charge is 0.472 e. The maximum absolute atomic E-state index is 13.5. The number of carbonyl (C=O) groups excluding carboxylic acids is 2. The van der Waals surface area contributed by atoms with Crippen LogP contribution in [-0.4, -0.2) is 74.3 Å². The molecule has 2 N–H and O–H groups in total. The smallest absolute Gasteiger partial charge is 0.456 e. The number of unbranched alkanes of at least 4 members (excludes halogenated alkanes) is 33. The number of phosphoric ester groups is 1. The zero-order chi connectivity index (χ0) is 57.2. The van der Waals surface area contributed by atoms with E-state index >= 15 is 0 Å². The minimum Gasteiger partial charge on any atom is -0.456 e. The highest BCUT2D eigenvalue weighted by Gasteiger charge is 2.30. The van der Waals surface area contributed by atoms with Crippen LogP contribution in [0.15, 0.2) is 72.9 Å². The number of esters is 1. The fraction of sp³-hybridized carbons (Fsp3) is 0.794. The van der Waals surface area contributed by atoms with E-state index in [0.29, 0.717) is 17.4 Å². The molecule has 0 radical (unpaired) electrons. The highest BCUT2D eigenvalue weighted by Crippen LogP contribution is 2.43. The number of carbonyl (C=O) groups is 2. The van der Waals surface area contributed by atoms with Gasteiger partial charge in [0.25, 0.3) is 0 Å². The molecule has 3 atom stereocenters. The second-order valence-electron chi connectivity index (χ2n) is 23.3. The van der Waals surface area contributed by atoms with Gasteiger partial charge >= 0.3 is 13.8 Å². The molecular weight excluding hydrogens is 988 g/mol. The van der Waals surface area contributed by atoms with Crippen LogP contribution < -0.4 is 5.32 Å². The average molecular weight is 1110 g/mol. The molecule has 0 saturated carbocycles. The van der Waals surface area contributed by atoms with Gasteiger partial charge in [-0.2, -0.15) is 0 Å². The van der Waals surface area contributed by atoms with Crippen LogP contribution in [0.4, 0.5) is 0 Å². The number of amides is 1. The first kappa shape index (κ1) is 75.5. The van der Waals surface area contributed by atoms with Crippen molar-refractivity contribution in [2.75, 3.05) is 40.9 Å². The van der Waals surface area contributed by atoms with Gasteiger partial charge in [-0.15, -0.1) is 0 Å². The Bertz CT molecular complexity index is 1570. The Morgan fingerprint density at radius 1 is 0.462 bits per heavy atom. The van der Waals surface area contributed by atoms with Crippen molar-refractivity contribution in [2.24, 2.45) is 0 Å². The first-order valence-electron chi connectivity index (χ1n) is 32.8. The number of ether oxygens (including phenoxy) is 1. The van der Waals surface area contributed by atoms with Crippen molar-refractivity contribution in [1.82, 2.24) is 5.32 Å². The van der Waals surface area contributed by atoms with E-state index in [-0.39, 0.29) is 31.5 Å². The van der Waals surface area contributed by atoms with Gasteiger partial charge in [-0.1, -0.05) is 261 Å². The summed E-state index contributed by atoms with van der Waals surface area (Å²) in [4.78, 5) is 37.8. The lowest BCUT2D eigenvalue weighted by Gasteiger charge is -2.27. The maximum atomic E-state index is 13.5. The van der Waals surface area contributed by atoms with E-state index < -0.39 is 20.0 Å². The molecule has 0 spiro atoms. The van der Waals surface area contributed by atoms with E-state index in [0.717, 1.165) is 96.3 Å². The second kappa shape index (κ2) is 57.7. The first-order valence-corrected chi connectivity index (χ1v) is 34.3. The van der Waals surface area contributed by atoms with Crippen molar-refractivity contribution in [3.8, 4) is 0 Å². The Balaban J connectivity index is 5.13. The SMILES string of the molecule is CC/C=C/C/C=C/CCCCCCCCCC(=O)NC(COP(=O)(O)OCC[N+](C)(C)C)C(/C=C\CCCCCCCCCCCCC)OC(=O)CCCCCCCCCCCCCC/C=C\C/C=C\C/C=C\CCCCC. The lowest BCUT2D eigenvalue weighted by molar-refractivity contribution is -0.870. The normalized spacial score (nSPS) is 14.1. The van der Waals surface area contributed by atoms with Gasteiger partial charge in [0, 0.05) is 12.8 Å². The molecule has 454 valence electrons. The van der Waals surface area contributed by atoms with Crippen molar-refractivity contribution in [1.29, 1.82) is 0 Å². The summed E-state index contributed by atoms with van der Waals surface area (Å²) < 4.78 is 30.7. The Hall–Kier alpha value is -2.55. The topological polar surface area (TPSA) is 111 Å². The minimum absolute atomic E-state index is 0.0368. The van der Waals surface area contributed by atoms with E-state index in [2.05, 4.69) is 86.8 Å². The number of rotatable bonds is 59. The predicted octanol–water partition coefficient (Wildman–Crippen LogP) is 20.4. The van der Waals surface area contributed by atoms with Gasteiger partial charge in [-0.3, -0.25) is 18.6 Å². The van der Waals surface area contributed by atoms with E-state index in [9.17, 15) is 19.0 Å². The van der Waals surface area contributed by atoms with Crippen molar-refractivity contribution < 1.29 is 37.3 Å². The maximum Gasteiger partial charge on any atom is 0.472 e. The van der Waals surface area contributed by atoms with E-state index in [1.165, 1.54) is 167 Å². The van der Waals surface area contributed by atoms with Crippen molar-refractivity contribution in [2.45, 2.75) is 309 Å². The molecule has 3 unspecified atom stereocenters. The molecule has 0 aliphatic heterocycles. The van der Waals surface area contributed by atoms with Crippen molar-refractivity contribution >= 4 is 19.7 Å². The zero-order valence-electron chi connectivity index (χ0n) is 51.9. The quantitative estimate of drug-likeness (QED) is 0.0205. The molecule has 0 aromatic carbocycles.